The number of nitrogens with two attached hydrogens (primary N) is 1. The van der Waals surface area contributed by atoms with Crippen LogP contribution in [0.5, 0.6) is 11.5 Å². The fraction of sp³-hybridized carbons (Fsp3) is 0.188. The molecule has 5 heteroatoms. The molecule has 110 valence electrons. The Kier molecular flexibility index (Phi) is 4.79. The lowest BCUT2D eigenvalue weighted by Crippen LogP contribution is -2.17. The maximum absolute atomic E-state index is 11.5. The third-order valence-electron chi connectivity index (χ3n) is 3.05. The number of ether oxygens (including phenoxy) is 1. The molecule has 0 radical (unpaired) electrons. The van der Waals surface area contributed by atoms with E-state index >= 15 is 0 Å². The molecule has 0 saturated carbocycles. The molecule has 1 amide bonds. The number of nitrogen functional groups attached to an aromatic ring is 1. The zero-order valence-electron chi connectivity index (χ0n) is 11.8. The lowest BCUT2D eigenvalue weighted by Gasteiger charge is -2.10. The molecule has 2 rings (SSSR count). The third kappa shape index (κ3) is 3.73. The Balaban J connectivity index is 2.14. The molecule has 0 fully saturated rings. The maximum Gasteiger partial charge on any atom is 0.251 e. The Bertz CT molecular complexity index is 624. The summed E-state index contributed by atoms with van der Waals surface area (Å²) < 4.78 is 5.69. The van der Waals surface area contributed by atoms with Crippen molar-refractivity contribution in [1.82, 2.24) is 5.32 Å². The van der Waals surface area contributed by atoms with Crippen molar-refractivity contribution in [3.63, 3.8) is 0 Å². The number of carbonyl (C=O) groups excluding carboxylic acids is 1. The Morgan fingerprint density at radius 1 is 1.24 bits per heavy atom. The molecular weight excluding hydrogens is 268 g/mol. The molecule has 4 N–H and O–H groups in total. The largest absolute Gasteiger partial charge is 0.455 e. The molecule has 0 aliphatic carbocycles. The van der Waals surface area contributed by atoms with E-state index in [1.165, 1.54) is 0 Å². The smallest absolute Gasteiger partial charge is 0.251 e. The zero-order valence-corrected chi connectivity index (χ0v) is 11.8. The van der Waals surface area contributed by atoms with E-state index < -0.39 is 0 Å². The van der Waals surface area contributed by atoms with Crippen molar-refractivity contribution in [3.05, 3.63) is 53.6 Å². The van der Waals surface area contributed by atoms with Gasteiger partial charge in [-0.05, 0) is 42.3 Å². The van der Waals surface area contributed by atoms with Gasteiger partial charge >= 0.3 is 0 Å². The van der Waals surface area contributed by atoms with Gasteiger partial charge in [-0.15, -0.1) is 0 Å². The predicted molar refractivity (Wildman–Crippen MR) is 81.6 cm³/mol. The normalized spacial score (nSPS) is 10.2. The first kappa shape index (κ1) is 14.9. The van der Waals surface area contributed by atoms with E-state index in [1.54, 1.807) is 25.2 Å². The minimum Gasteiger partial charge on any atom is -0.455 e. The number of nitrogens with one attached hydrogen (secondary N) is 1. The summed E-state index contributed by atoms with van der Waals surface area (Å²) in [4.78, 5) is 11.5. The van der Waals surface area contributed by atoms with E-state index in [2.05, 4.69) is 5.32 Å². The molecule has 0 atom stereocenters. The quantitative estimate of drug-likeness (QED) is 0.733. The zero-order chi connectivity index (χ0) is 15.2. The van der Waals surface area contributed by atoms with Crippen LogP contribution in [0.15, 0.2) is 42.5 Å². The van der Waals surface area contributed by atoms with Crippen molar-refractivity contribution in [2.75, 3.05) is 19.4 Å². The first-order valence-electron chi connectivity index (χ1n) is 6.63. The second kappa shape index (κ2) is 6.76. The van der Waals surface area contributed by atoms with Crippen LogP contribution in [-0.2, 0) is 6.42 Å². The van der Waals surface area contributed by atoms with Crippen LogP contribution in [-0.4, -0.2) is 24.7 Å². The number of hydrogen-bond donors (Lipinski definition) is 3. The summed E-state index contributed by atoms with van der Waals surface area (Å²) in [6, 6.07) is 12.3. The molecule has 0 aliphatic heterocycles. The van der Waals surface area contributed by atoms with Crippen molar-refractivity contribution < 1.29 is 14.6 Å². The SMILES string of the molecule is CNC(=O)c1ccc(Oc2ccc(CCO)cc2)c(N)c1. The monoisotopic (exact) mass is 286 g/mol. The van der Waals surface area contributed by atoms with Crippen molar-refractivity contribution in [1.29, 1.82) is 0 Å². The Morgan fingerprint density at radius 3 is 2.52 bits per heavy atom. The van der Waals surface area contributed by atoms with Gasteiger partial charge in [0.05, 0.1) is 5.69 Å². The van der Waals surface area contributed by atoms with Crippen molar-refractivity contribution in [2.24, 2.45) is 0 Å². The van der Waals surface area contributed by atoms with Crippen molar-refractivity contribution in [3.8, 4) is 11.5 Å². The summed E-state index contributed by atoms with van der Waals surface area (Å²) in [5, 5.41) is 11.4. The molecule has 0 heterocycles. The van der Waals surface area contributed by atoms with Crippen LogP contribution >= 0.6 is 0 Å². The highest BCUT2D eigenvalue weighted by Crippen LogP contribution is 2.28. The van der Waals surface area contributed by atoms with E-state index in [1.807, 2.05) is 24.3 Å². The number of aliphatic hydroxyl groups excluding tert-OH is 1. The number of hydrogen-bond acceptors (Lipinski definition) is 4. The summed E-state index contributed by atoms with van der Waals surface area (Å²) in [6.07, 6.45) is 0.614. The van der Waals surface area contributed by atoms with E-state index in [0.29, 0.717) is 29.2 Å². The predicted octanol–water partition coefficient (Wildman–Crippen LogP) is 1.96. The Labute approximate surface area is 123 Å². The van der Waals surface area contributed by atoms with Gasteiger partial charge in [0.25, 0.3) is 5.91 Å². The standard InChI is InChI=1S/C16H18N2O3/c1-18-16(20)12-4-7-15(14(17)10-12)21-13-5-2-11(3-6-13)8-9-19/h2-7,10,19H,8-9,17H2,1H3,(H,18,20). The van der Waals surface area contributed by atoms with Gasteiger partial charge in [0, 0.05) is 19.2 Å². The second-order valence-corrected chi connectivity index (χ2v) is 4.55. The summed E-state index contributed by atoms with van der Waals surface area (Å²) in [5.41, 5.74) is 7.82. The third-order valence-corrected chi connectivity index (χ3v) is 3.05. The van der Waals surface area contributed by atoms with Gasteiger partial charge < -0.3 is 20.9 Å². The van der Waals surface area contributed by atoms with Crippen LogP contribution in [0.25, 0.3) is 0 Å². The molecule has 5 nitrogen and oxygen atoms in total. The summed E-state index contributed by atoms with van der Waals surface area (Å²) in [7, 11) is 1.57. The number of carbonyl (C=O) groups is 1. The molecule has 2 aromatic carbocycles. The number of rotatable bonds is 5. The summed E-state index contributed by atoms with van der Waals surface area (Å²) in [6.45, 7) is 0.119. The van der Waals surface area contributed by atoms with Gasteiger partial charge in [0.15, 0.2) is 0 Å². The fourth-order valence-electron chi connectivity index (χ4n) is 1.91. The minimum absolute atomic E-state index is 0.119. The fourth-order valence-corrected chi connectivity index (χ4v) is 1.91. The lowest BCUT2D eigenvalue weighted by atomic mass is 10.1. The molecule has 0 spiro atoms. The van der Waals surface area contributed by atoms with Crippen LogP contribution in [0.4, 0.5) is 5.69 Å². The van der Waals surface area contributed by atoms with E-state index in [0.717, 1.165) is 5.56 Å². The molecule has 2 aromatic rings. The molecule has 0 unspecified atom stereocenters. The molecular formula is C16H18N2O3. The molecule has 0 bridgehead atoms. The number of amides is 1. The molecule has 21 heavy (non-hydrogen) atoms. The number of aliphatic hydroxyl groups is 1. The van der Waals surface area contributed by atoms with Crippen LogP contribution in [0, 0.1) is 0 Å². The minimum atomic E-state index is -0.193. The second-order valence-electron chi connectivity index (χ2n) is 4.55. The lowest BCUT2D eigenvalue weighted by molar-refractivity contribution is 0.0963. The first-order valence-corrected chi connectivity index (χ1v) is 6.63. The van der Waals surface area contributed by atoms with Crippen molar-refractivity contribution >= 4 is 11.6 Å². The topological polar surface area (TPSA) is 84.6 Å². The average molecular weight is 286 g/mol. The highest BCUT2D eigenvalue weighted by Gasteiger charge is 2.08. The van der Waals surface area contributed by atoms with Gasteiger partial charge in [-0.3, -0.25) is 4.79 Å². The van der Waals surface area contributed by atoms with E-state index in [-0.39, 0.29) is 12.5 Å². The van der Waals surface area contributed by atoms with Crippen LogP contribution < -0.4 is 15.8 Å². The molecule has 0 aromatic heterocycles. The van der Waals surface area contributed by atoms with Gasteiger partial charge in [-0.25, -0.2) is 0 Å². The number of benzene rings is 2. The van der Waals surface area contributed by atoms with Gasteiger partial charge in [0.1, 0.15) is 11.5 Å². The average Bonchev–Trinajstić information content (AvgIpc) is 2.50. The summed E-state index contributed by atoms with van der Waals surface area (Å²) in [5.74, 6) is 0.954. The van der Waals surface area contributed by atoms with Crippen LogP contribution in [0.1, 0.15) is 15.9 Å². The van der Waals surface area contributed by atoms with Crippen LogP contribution in [0.3, 0.4) is 0 Å². The van der Waals surface area contributed by atoms with E-state index in [9.17, 15) is 4.79 Å². The van der Waals surface area contributed by atoms with Gasteiger partial charge in [-0.1, -0.05) is 12.1 Å². The highest BCUT2D eigenvalue weighted by atomic mass is 16.5. The maximum atomic E-state index is 11.5. The Hall–Kier alpha value is -2.53. The number of anilines is 1. The first-order chi connectivity index (χ1) is 10.1. The van der Waals surface area contributed by atoms with E-state index in [4.69, 9.17) is 15.6 Å². The van der Waals surface area contributed by atoms with Crippen LogP contribution in [0.2, 0.25) is 0 Å². The Morgan fingerprint density at radius 2 is 1.95 bits per heavy atom. The summed E-state index contributed by atoms with van der Waals surface area (Å²) >= 11 is 0. The van der Waals surface area contributed by atoms with Gasteiger partial charge in [0.2, 0.25) is 0 Å². The molecule has 0 saturated heterocycles. The van der Waals surface area contributed by atoms with Crippen molar-refractivity contribution in [2.45, 2.75) is 6.42 Å². The highest BCUT2D eigenvalue weighted by molar-refractivity contribution is 5.95. The molecule has 0 aliphatic rings. The van der Waals surface area contributed by atoms with Gasteiger partial charge in [-0.2, -0.15) is 0 Å².